The minimum atomic E-state index is -1.24. The summed E-state index contributed by atoms with van der Waals surface area (Å²) in [5, 5.41) is 12.4. The lowest BCUT2D eigenvalue weighted by molar-refractivity contribution is -0.143. The van der Waals surface area contributed by atoms with Gasteiger partial charge in [-0.1, -0.05) is 13.8 Å². The lowest BCUT2D eigenvalue weighted by Gasteiger charge is -2.32. The number of hydrogen-bond acceptors (Lipinski definition) is 5. The molecule has 0 aliphatic rings. The Hall–Kier alpha value is -1.83. The van der Waals surface area contributed by atoms with Gasteiger partial charge < -0.3 is 20.9 Å². The molecule has 4 amide bonds. The van der Waals surface area contributed by atoms with E-state index < -0.39 is 30.2 Å². The van der Waals surface area contributed by atoms with Crippen LogP contribution in [0.2, 0.25) is 0 Å². The fraction of sp³-hybridized carbons (Fsp3) is 0.750. The van der Waals surface area contributed by atoms with Crippen molar-refractivity contribution in [1.29, 1.82) is 0 Å². The van der Waals surface area contributed by atoms with Crippen molar-refractivity contribution in [2.45, 2.75) is 38.8 Å². The molecule has 0 aliphatic heterocycles. The van der Waals surface area contributed by atoms with Crippen LogP contribution in [-0.2, 0) is 9.53 Å². The van der Waals surface area contributed by atoms with Crippen molar-refractivity contribution in [2.75, 3.05) is 14.2 Å². The van der Waals surface area contributed by atoms with Crippen molar-refractivity contribution in [3.8, 4) is 0 Å². The molecule has 0 radical (unpaired) electrons. The highest BCUT2D eigenvalue weighted by Gasteiger charge is 2.34. The second kappa shape index (κ2) is 8.36. The van der Waals surface area contributed by atoms with Gasteiger partial charge in [0.2, 0.25) is 0 Å². The molecule has 8 nitrogen and oxygen atoms in total. The molecular weight excluding hydrogens is 266 g/mol. The van der Waals surface area contributed by atoms with Gasteiger partial charge >= 0.3 is 18.0 Å². The Labute approximate surface area is 118 Å². The van der Waals surface area contributed by atoms with Crippen molar-refractivity contribution < 1.29 is 24.2 Å². The van der Waals surface area contributed by atoms with Crippen molar-refractivity contribution in [3.05, 3.63) is 0 Å². The van der Waals surface area contributed by atoms with Crippen molar-refractivity contribution in [2.24, 2.45) is 11.7 Å². The maximum Gasteiger partial charge on any atom is 0.325 e. The fourth-order valence-electron chi connectivity index (χ4n) is 1.84. The molecule has 0 heterocycles. The van der Waals surface area contributed by atoms with Crippen LogP contribution in [0.1, 0.15) is 26.7 Å². The SMILES string of the molecule is CNC(=O)N(C(N)=O)C(CC(C)C)C(O)CC(=O)OC. The first-order chi connectivity index (χ1) is 9.24. The van der Waals surface area contributed by atoms with E-state index in [1.165, 1.54) is 14.2 Å². The fourth-order valence-corrected chi connectivity index (χ4v) is 1.84. The Balaban J connectivity index is 5.22. The third kappa shape index (κ3) is 5.43. The van der Waals surface area contributed by atoms with Crippen LogP contribution in [0.5, 0.6) is 0 Å². The standard InChI is InChI=1S/C12H23N3O5/c1-7(2)5-8(9(16)6-10(17)20-4)15(11(13)18)12(19)14-3/h7-9,16H,5-6H2,1-4H3,(H2,13,18)(H,14,19). The minimum absolute atomic E-state index is 0.0822. The van der Waals surface area contributed by atoms with E-state index in [0.29, 0.717) is 6.42 Å². The van der Waals surface area contributed by atoms with Crippen molar-refractivity contribution in [1.82, 2.24) is 10.2 Å². The third-order valence-electron chi connectivity index (χ3n) is 2.76. The van der Waals surface area contributed by atoms with Crippen molar-refractivity contribution >= 4 is 18.0 Å². The number of primary amides is 1. The number of methoxy groups -OCH3 is 1. The molecule has 8 heteroatoms. The smallest absolute Gasteiger partial charge is 0.325 e. The van der Waals surface area contributed by atoms with Gasteiger partial charge in [0.25, 0.3) is 0 Å². The monoisotopic (exact) mass is 289 g/mol. The molecule has 0 saturated carbocycles. The average molecular weight is 289 g/mol. The number of aliphatic hydroxyl groups is 1. The number of esters is 1. The number of nitrogens with one attached hydrogen (secondary N) is 1. The molecule has 0 aromatic carbocycles. The van der Waals surface area contributed by atoms with Crippen LogP contribution >= 0.6 is 0 Å². The van der Waals surface area contributed by atoms with Gasteiger partial charge in [0.1, 0.15) is 0 Å². The van der Waals surface area contributed by atoms with Gasteiger partial charge in [-0.15, -0.1) is 0 Å². The van der Waals surface area contributed by atoms with Crippen LogP contribution in [0.4, 0.5) is 9.59 Å². The Kier molecular flexibility index (Phi) is 7.60. The van der Waals surface area contributed by atoms with Crippen LogP contribution in [0.15, 0.2) is 0 Å². The summed E-state index contributed by atoms with van der Waals surface area (Å²) in [4.78, 5) is 35.1. The number of imide groups is 1. The zero-order valence-corrected chi connectivity index (χ0v) is 12.3. The molecule has 0 fully saturated rings. The zero-order valence-electron chi connectivity index (χ0n) is 12.3. The molecule has 0 aromatic rings. The van der Waals surface area contributed by atoms with Gasteiger partial charge in [-0.2, -0.15) is 0 Å². The summed E-state index contributed by atoms with van der Waals surface area (Å²) in [5.74, 6) is -0.550. The number of carbonyl (C=O) groups excluding carboxylic acids is 3. The van der Waals surface area contributed by atoms with E-state index >= 15 is 0 Å². The van der Waals surface area contributed by atoms with Crippen LogP contribution in [0.25, 0.3) is 0 Å². The lowest BCUT2D eigenvalue weighted by Crippen LogP contribution is -2.55. The Morgan fingerprint density at radius 2 is 1.90 bits per heavy atom. The zero-order chi connectivity index (χ0) is 15.9. The second-order valence-electron chi connectivity index (χ2n) is 4.81. The van der Waals surface area contributed by atoms with Gasteiger partial charge in [0.05, 0.1) is 25.7 Å². The third-order valence-corrected chi connectivity index (χ3v) is 2.76. The predicted octanol–water partition coefficient (Wildman–Crippen LogP) is 0.0452. The van der Waals surface area contributed by atoms with Crippen molar-refractivity contribution in [3.63, 3.8) is 0 Å². The molecular formula is C12H23N3O5. The molecule has 4 N–H and O–H groups in total. The Bertz CT molecular complexity index is 359. The number of nitrogens with zero attached hydrogens (tertiary/aromatic N) is 1. The van der Waals surface area contributed by atoms with Gasteiger partial charge in [-0.25, -0.2) is 14.5 Å². The number of ether oxygens (including phenoxy) is 1. The molecule has 0 spiro atoms. The number of rotatable bonds is 6. The number of urea groups is 2. The molecule has 20 heavy (non-hydrogen) atoms. The first-order valence-electron chi connectivity index (χ1n) is 6.29. The summed E-state index contributed by atoms with van der Waals surface area (Å²) >= 11 is 0. The molecule has 0 saturated heterocycles. The molecule has 116 valence electrons. The molecule has 2 atom stereocenters. The average Bonchev–Trinajstić information content (AvgIpc) is 2.36. The number of aliphatic hydroxyl groups excluding tert-OH is 1. The summed E-state index contributed by atoms with van der Waals surface area (Å²) in [6.45, 7) is 3.72. The van der Waals surface area contributed by atoms with Gasteiger partial charge in [-0.05, 0) is 12.3 Å². The largest absolute Gasteiger partial charge is 0.469 e. The van der Waals surface area contributed by atoms with Crippen LogP contribution in [-0.4, -0.2) is 54.3 Å². The van der Waals surface area contributed by atoms with Gasteiger partial charge in [0.15, 0.2) is 0 Å². The number of carbonyl (C=O) groups is 3. The van der Waals surface area contributed by atoms with E-state index in [4.69, 9.17) is 5.73 Å². The summed E-state index contributed by atoms with van der Waals surface area (Å²) in [6, 6.07) is -2.61. The first-order valence-corrected chi connectivity index (χ1v) is 6.29. The summed E-state index contributed by atoms with van der Waals surface area (Å²) in [5.41, 5.74) is 5.19. The second-order valence-corrected chi connectivity index (χ2v) is 4.81. The van der Waals surface area contributed by atoms with Crippen LogP contribution in [0.3, 0.4) is 0 Å². The van der Waals surface area contributed by atoms with Gasteiger partial charge in [0, 0.05) is 7.05 Å². The van der Waals surface area contributed by atoms with E-state index in [2.05, 4.69) is 10.1 Å². The van der Waals surface area contributed by atoms with E-state index in [-0.39, 0.29) is 12.3 Å². The Morgan fingerprint density at radius 1 is 1.35 bits per heavy atom. The van der Waals surface area contributed by atoms with E-state index in [1.54, 1.807) is 0 Å². The lowest BCUT2D eigenvalue weighted by atomic mass is 9.96. The summed E-state index contributed by atoms with van der Waals surface area (Å²) in [7, 11) is 2.54. The molecule has 0 rings (SSSR count). The maximum atomic E-state index is 11.7. The molecule has 0 aromatic heterocycles. The highest BCUT2D eigenvalue weighted by Crippen LogP contribution is 2.18. The number of nitrogens with two attached hydrogens (primary N) is 1. The number of hydrogen-bond donors (Lipinski definition) is 3. The molecule has 0 bridgehead atoms. The topological polar surface area (TPSA) is 122 Å². The van der Waals surface area contributed by atoms with E-state index in [0.717, 1.165) is 4.90 Å². The quantitative estimate of drug-likeness (QED) is 0.596. The summed E-state index contributed by atoms with van der Waals surface area (Å²) < 4.78 is 4.47. The highest BCUT2D eigenvalue weighted by molar-refractivity contribution is 5.93. The molecule has 0 aliphatic carbocycles. The maximum absolute atomic E-state index is 11.7. The van der Waals surface area contributed by atoms with Crippen LogP contribution in [0, 0.1) is 5.92 Å². The molecule has 2 unspecified atom stereocenters. The first kappa shape index (κ1) is 18.2. The van der Waals surface area contributed by atoms with E-state index in [1.807, 2.05) is 13.8 Å². The normalized spacial score (nSPS) is 13.5. The summed E-state index contributed by atoms with van der Waals surface area (Å²) in [6.07, 6.45) is -1.25. The highest BCUT2D eigenvalue weighted by atomic mass is 16.5. The van der Waals surface area contributed by atoms with Crippen LogP contribution < -0.4 is 11.1 Å². The van der Waals surface area contributed by atoms with E-state index in [9.17, 15) is 19.5 Å². The van der Waals surface area contributed by atoms with Gasteiger partial charge in [-0.3, -0.25) is 4.79 Å². The number of amides is 4. The minimum Gasteiger partial charge on any atom is -0.469 e. The Morgan fingerprint density at radius 3 is 2.25 bits per heavy atom. The predicted molar refractivity (Wildman–Crippen MR) is 71.8 cm³/mol.